The summed E-state index contributed by atoms with van der Waals surface area (Å²) in [5, 5.41) is 37.3. The van der Waals surface area contributed by atoms with E-state index in [0.717, 1.165) is 27.6 Å². The van der Waals surface area contributed by atoms with Crippen molar-refractivity contribution in [3.63, 3.8) is 0 Å². The molecule has 3 fully saturated rings. The number of aromatic hydroxyl groups is 1. The average molecular weight is 787 g/mol. The number of amides is 4. The number of aryl methyl sites for hydroxylation is 1. The lowest BCUT2D eigenvalue weighted by atomic mass is 9.49. The maximum Gasteiger partial charge on any atom is 0.301 e. The molecule has 2 saturated heterocycles. The normalized spacial score (nSPS) is 24.8. The Kier molecular flexibility index (Phi) is 9.01. The van der Waals surface area contributed by atoms with Gasteiger partial charge in [0.15, 0.2) is 17.2 Å². The van der Waals surface area contributed by atoms with Crippen molar-refractivity contribution in [2.24, 2.45) is 23.7 Å². The van der Waals surface area contributed by atoms with Crippen LogP contribution in [0.3, 0.4) is 0 Å². The number of nitrogens with one attached hydrogen (secondary N) is 1. The lowest BCUT2D eigenvalue weighted by Crippen LogP contribution is -2.53. The number of imide groups is 2. The summed E-state index contributed by atoms with van der Waals surface area (Å²) in [6.07, 6.45) is 1.73. The fourth-order valence-corrected chi connectivity index (χ4v) is 9.74. The van der Waals surface area contributed by atoms with E-state index in [1.165, 1.54) is 26.1 Å². The number of para-hydroxylation sites is 1. The number of fused-ring (bicyclic) bond motifs is 4. The molecule has 4 amide bonds. The molecular formula is C42H38N6O10. The van der Waals surface area contributed by atoms with Gasteiger partial charge in [0, 0.05) is 37.7 Å². The number of methoxy groups -OCH3 is 1. The van der Waals surface area contributed by atoms with Crippen LogP contribution in [-0.2, 0) is 24.6 Å². The molecule has 58 heavy (non-hydrogen) atoms. The molecule has 4 aromatic rings. The second-order valence-electron chi connectivity index (χ2n) is 15.2. The number of carbonyl (C=O) groups is 4. The van der Waals surface area contributed by atoms with Crippen LogP contribution >= 0.6 is 0 Å². The molecule has 0 aromatic heterocycles. The number of nitro groups is 2. The smallest absolute Gasteiger partial charge is 0.301 e. The van der Waals surface area contributed by atoms with Crippen molar-refractivity contribution >= 4 is 52.1 Å². The first-order valence-electron chi connectivity index (χ1n) is 18.6. The molecule has 2 aliphatic carbocycles. The minimum atomic E-state index is -1.66. The number of carbonyl (C=O) groups excluding carboxylic acids is 4. The van der Waals surface area contributed by atoms with E-state index in [1.807, 2.05) is 19.1 Å². The summed E-state index contributed by atoms with van der Waals surface area (Å²) in [5.41, 5.74) is 2.13. The number of rotatable bonds is 9. The number of anilines is 3. The van der Waals surface area contributed by atoms with Crippen molar-refractivity contribution in [1.29, 1.82) is 0 Å². The van der Waals surface area contributed by atoms with Gasteiger partial charge >= 0.3 is 11.4 Å². The van der Waals surface area contributed by atoms with Crippen molar-refractivity contribution in [2.75, 3.05) is 36.4 Å². The topological polar surface area (TPSA) is 206 Å². The minimum absolute atomic E-state index is 0.00176. The Bertz CT molecular complexity index is 2430. The van der Waals surface area contributed by atoms with Crippen molar-refractivity contribution in [3.05, 3.63) is 133 Å². The van der Waals surface area contributed by atoms with Gasteiger partial charge in [-0.15, -0.1) is 0 Å². The van der Waals surface area contributed by atoms with Crippen LogP contribution in [0, 0.1) is 50.8 Å². The van der Waals surface area contributed by atoms with Crippen molar-refractivity contribution < 1.29 is 38.9 Å². The molecule has 4 aliphatic rings. The quantitative estimate of drug-likeness (QED) is 0.0897. The van der Waals surface area contributed by atoms with Crippen LogP contribution < -0.4 is 20.0 Å². The molecular weight excluding hydrogens is 748 g/mol. The lowest BCUT2D eigenvalue weighted by molar-refractivity contribution is -0.392. The zero-order valence-electron chi connectivity index (χ0n) is 31.8. The molecule has 2 N–H and O–H groups in total. The third kappa shape index (κ3) is 5.42. The number of hydrazine groups is 1. The number of hydrogen-bond acceptors (Lipinski definition) is 12. The summed E-state index contributed by atoms with van der Waals surface area (Å²) >= 11 is 0. The second kappa shape index (κ2) is 13.8. The summed E-state index contributed by atoms with van der Waals surface area (Å²) in [7, 11) is 4.20. The van der Waals surface area contributed by atoms with Gasteiger partial charge in [0.1, 0.15) is 0 Å². The van der Waals surface area contributed by atoms with E-state index in [1.54, 1.807) is 66.7 Å². The number of allylic oxidation sites excluding steroid dienone is 2. The van der Waals surface area contributed by atoms with Crippen LogP contribution in [-0.4, -0.2) is 64.8 Å². The van der Waals surface area contributed by atoms with Gasteiger partial charge in [0.05, 0.1) is 51.5 Å². The van der Waals surface area contributed by atoms with Gasteiger partial charge < -0.3 is 14.7 Å². The van der Waals surface area contributed by atoms with E-state index in [2.05, 4.69) is 5.43 Å². The van der Waals surface area contributed by atoms with Gasteiger partial charge in [-0.25, -0.2) is 4.90 Å². The van der Waals surface area contributed by atoms with Crippen molar-refractivity contribution in [3.8, 4) is 11.5 Å². The number of hydrogen-bond donors (Lipinski definition) is 2. The van der Waals surface area contributed by atoms with Crippen molar-refractivity contribution in [2.45, 2.75) is 31.1 Å². The number of nitrogens with zero attached hydrogens (tertiary/aromatic N) is 5. The zero-order chi connectivity index (χ0) is 41.4. The molecule has 0 radical (unpaired) electrons. The highest BCUT2D eigenvalue weighted by molar-refractivity contribution is 6.23. The van der Waals surface area contributed by atoms with Gasteiger partial charge in [0.2, 0.25) is 11.8 Å². The summed E-state index contributed by atoms with van der Waals surface area (Å²) in [6.45, 7) is 1.90. The zero-order valence-corrected chi connectivity index (χ0v) is 31.8. The summed E-state index contributed by atoms with van der Waals surface area (Å²) in [6, 6.07) is 22.8. The molecule has 296 valence electrons. The number of phenolic OH excluding ortho intramolecular Hbond substituents is 1. The highest BCUT2D eigenvalue weighted by atomic mass is 16.6. The summed E-state index contributed by atoms with van der Waals surface area (Å²) < 4.78 is 5.51. The van der Waals surface area contributed by atoms with E-state index < -0.39 is 79.9 Å². The third-order valence-corrected chi connectivity index (χ3v) is 12.1. The van der Waals surface area contributed by atoms with Gasteiger partial charge in [-0.05, 0) is 49.4 Å². The molecule has 1 saturated carbocycles. The molecule has 6 atom stereocenters. The second-order valence-corrected chi connectivity index (χ2v) is 15.2. The number of ether oxygens (including phenoxy) is 1. The molecule has 16 heteroatoms. The first-order chi connectivity index (χ1) is 27.7. The summed E-state index contributed by atoms with van der Waals surface area (Å²) in [5.74, 6) is -7.93. The Labute approximate surface area is 331 Å². The van der Waals surface area contributed by atoms with Crippen LogP contribution in [0.5, 0.6) is 11.5 Å². The Morgan fingerprint density at radius 3 is 2.12 bits per heavy atom. The van der Waals surface area contributed by atoms with E-state index >= 15 is 4.79 Å². The number of phenols is 1. The highest BCUT2D eigenvalue weighted by Crippen LogP contribution is 2.65. The Morgan fingerprint density at radius 2 is 1.52 bits per heavy atom. The SMILES string of the molecule is COc1cccc([C@H]2C3=CC[C@@H]4C(=O)N(c5cc([N+](=O)[O-])c(N(C)C)c([N+](=O)[O-])c5)C(=O)[C@@H]4[C@@H]3C[C@H]3C(=O)N(Nc4ccc(C)cc4)C(=O)[C@@]23c2ccccc2)c1O. The van der Waals surface area contributed by atoms with Crippen LogP contribution in [0.15, 0.2) is 96.6 Å². The predicted molar refractivity (Wildman–Crippen MR) is 210 cm³/mol. The number of benzene rings is 4. The molecule has 16 nitrogen and oxygen atoms in total. The molecule has 0 bridgehead atoms. The molecule has 0 unspecified atom stereocenters. The average Bonchev–Trinajstić information content (AvgIpc) is 3.59. The van der Waals surface area contributed by atoms with Crippen LogP contribution in [0.25, 0.3) is 0 Å². The van der Waals surface area contributed by atoms with E-state index in [0.29, 0.717) is 16.8 Å². The van der Waals surface area contributed by atoms with Crippen LogP contribution in [0.2, 0.25) is 0 Å². The highest BCUT2D eigenvalue weighted by Gasteiger charge is 2.70. The Balaban J connectivity index is 1.32. The van der Waals surface area contributed by atoms with Gasteiger partial charge in [-0.3, -0.25) is 44.8 Å². The first-order valence-corrected chi connectivity index (χ1v) is 18.6. The number of nitro benzene ring substituents is 2. The molecule has 4 aromatic carbocycles. The molecule has 8 rings (SSSR count). The molecule has 2 heterocycles. The van der Waals surface area contributed by atoms with E-state index in [4.69, 9.17) is 4.74 Å². The van der Waals surface area contributed by atoms with E-state index in [-0.39, 0.29) is 41.3 Å². The third-order valence-electron chi connectivity index (χ3n) is 12.1. The van der Waals surface area contributed by atoms with Crippen LogP contribution in [0.1, 0.15) is 35.4 Å². The standard InChI is InChI=1S/C42H38N6O10/c1-22-13-15-24(16-14-22)43-46-39(51)30-21-29-26(35(28-11-8-12-33(58-4)37(28)49)42(30,41(46)53)23-9-6-5-7-10-23)17-18-27-34(29)40(52)45(38(27)50)25-19-31(47(54)55)36(44(2)3)32(20-25)48(56)57/h5-17,19-20,27,29-30,34-35,43,49H,18,21H2,1-4H3/t27-,29+,30-,34-,35+,42+/m0/s1. The van der Waals surface area contributed by atoms with Crippen molar-refractivity contribution in [1.82, 2.24) is 5.01 Å². The monoisotopic (exact) mass is 786 g/mol. The largest absolute Gasteiger partial charge is 0.504 e. The predicted octanol–water partition coefficient (Wildman–Crippen LogP) is 5.78. The van der Waals surface area contributed by atoms with Gasteiger partial charge in [0.25, 0.3) is 11.8 Å². The summed E-state index contributed by atoms with van der Waals surface area (Å²) in [4.78, 5) is 84.3. The van der Waals surface area contributed by atoms with Gasteiger partial charge in [-0.1, -0.05) is 71.8 Å². The maximum absolute atomic E-state index is 15.4. The Hall–Kier alpha value is -7.10. The molecule has 2 aliphatic heterocycles. The fourth-order valence-electron chi connectivity index (χ4n) is 9.74. The lowest BCUT2D eigenvalue weighted by Gasteiger charge is -2.50. The Morgan fingerprint density at radius 1 is 0.862 bits per heavy atom. The van der Waals surface area contributed by atoms with Crippen LogP contribution in [0.4, 0.5) is 28.4 Å². The minimum Gasteiger partial charge on any atom is -0.504 e. The first kappa shape index (κ1) is 37.8. The van der Waals surface area contributed by atoms with E-state index in [9.17, 15) is 39.7 Å². The maximum atomic E-state index is 15.4. The van der Waals surface area contributed by atoms with Gasteiger partial charge in [-0.2, -0.15) is 5.01 Å². The fraction of sp³-hybridized carbons (Fsp3) is 0.286. The molecule has 0 spiro atoms.